The molecule has 5 heteroatoms. The van der Waals surface area contributed by atoms with E-state index in [0.717, 1.165) is 23.4 Å². The molecule has 1 aromatic heterocycles. The molecule has 0 unspecified atom stereocenters. The summed E-state index contributed by atoms with van der Waals surface area (Å²) < 4.78 is 0. The maximum atomic E-state index is 9.04. The monoisotopic (exact) mass is 301 g/mol. The van der Waals surface area contributed by atoms with Crippen molar-refractivity contribution in [1.29, 1.82) is 0 Å². The topological polar surface area (TPSA) is 61.8 Å². The molecule has 0 bridgehead atoms. The van der Waals surface area contributed by atoms with Gasteiger partial charge in [0.15, 0.2) is 5.84 Å². The maximum Gasteiger partial charge on any atom is 0.172 e. The van der Waals surface area contributed by atoms with Crippen LogP contribution >= 0.6 is 11.3 Å². The fourth-order valence-electron chi connectivity index (χ4n) is 2.53. The smallest absolute Gasteiger partial charge is 0.172 e. The molecule has 0 radical (unpaired) electrons. The molecule has 1 fully saturated rings. The van der Waals surface area contributed by atoms with Gasteiger partial charge in [-0.1, -0.05) is 22.9 Å². The van der Waals surface area contributed by atoms with Gasteiger partial charge in [-0.05, 0) is 43.3 Å². The Balaban J connectivity index is 1.99. The summed E-state index contributed by atoms with van der Waals surface area (Å²) in [5.41, 5.74) is 8.83. The van der Waals surface area contributed by atoms with E-state index in [-0.39, 0.29) is 5.84 Å². The molecule has 1 aliphatic rings. The molecule has 21 heavy (non-hydrogen) atoms. The highest BCUT2D eigenvalue weighted by Crippen LogP contribution is 2.35. The van der Waals surface area contributed by atoms with Crippen LogP contribution < -0.4 is 10.6 Å². The van der Waals surface area contributed by atoms with Gasteiger partial charge < -0.3 is 15.8 Å². The van der Waals surface area contributed by atoms with Gasteiger partial charge >= 0.3 is 0 Å². The van der Waals surface area contributed by atoms with Gasteiger partial charge in [-0.15, -0.1) is 11.3 Å². The summed E-state index contributed by atoms with van der Waals surface area (Å²) in [5, 5.41) is 14.3. The van der Waals surface area contributed by atoms with Crippen molar-refractivity contribution in [3.05, 3.63) is 51.7 Å². The van der Waals surface area contributed by atoms with Crippen LogP contribution in [0, 0.1) is 6.92 Å². The number of rotatable bonds is 5. The number of hydrogen-bond acceptors (Lipinski definition) is 4. The minimum absolute atomic E-state index is 0.172. The molecule has 3 rings (SSSR count). The van der Waals surface area contributed by atoms with E-state index in [2.05, 4.69) is 39.7 Å². The van der Waals surface area contributed by atoms with Gasteiger partial charge in [0.05, 0.1) is 6.54 Å². The van der Waals surface area contributed by atoms with Crippen LogP contribution in [0.25, 0.3) is 0 Å². The first-order chi connectivity index (χ1) is 10.2. The zero-order chi connectivity index (χ0) is 14.8. The predicted octanol–water partition coefficient (Wildman–Crippen LogP) is 3.32. The van der Waals surface area contributed by atoms with E-state index in [1.165, 1.54) is 17.7 Å². The molecule has 1 aliphatic carbocycles. The summed E-state index contributed by atoms with van der Waals surface area (Å²) in [6.07, 6.45) is 2.41. The fraction of sp³-hybridized carbons (Fsp3) is 0.312. The zero-order valence-electron chi connectivity index (χ0n) is 12.0. The number of hydrogen-bond donors (Lipinski definition) is 2. The number of benzene rings is 1. The molecule has 4 nitrogen and oxygen atoms in total. The van der Waals surface area contributed by atoms with E-state index >= 15 is 0 Å². The van der Waals surface area contributed by atoms with Crippen LogP contribution in [0.1, 0.15) is 28.8 Å². The van der Waals surface area contributed by atoms with E-state index in [1.54, 1.807) is 11.3 Å². The predicted molar refractivity (Wildman–Crippen MR) is 87.2 cm³/mol. The van der Waals surface area contributed by atoms with E-state index < -0.39 is 0 Å². The lowest BCUT2D eigenvalue weighted by molar-refractivity contribution is 0.318. The summed E-state index contributed by atoms with van der Waals surface area (Å²) in [6, 6.07) is 10.9. The largest absolute Gasteiger partial charge is 0.409 e. The van der Waals surface area contributed by atoms with Gasteiger partial charge in [0.25, 0.3) is 0 Å². The summed E-state index contributed by atoms with van der Waals surface area (Å²) in [5.74, 6) is 0.172. The van der Waals surface area contributed by atoms with Gasteiger partial charge in [0, 0.05) is 22.2 Å². The van der Waals surface area contributed by atoms with Crippen LogP contribution in [0.2, 0.25) is 0 Å². The molecule has 2 aromatic rings. The molecular formula is C16H19N3OS. The van der Waals surface area contributed by atoms with Gasteiger partial charge in [0.1, 0.15) is 0 Å². The summed E-state index contributed by atoms with van der Waals surface area (Å²) in [4.78, 5) is 3.70. The van der Waals surface area contributed by atoms with Crippen LogP contribution in [0.5, 0.6) is 0 Å². The van der Waals surface area contributed by atoms with Crippen molar-refractivity contribution in [1.82, 2.24) is 0 Å². The molecule has 0 amide bonds. The summed E-state index contributed by atoms with van der Waals surface area (Å²) in [7, 11) is 0. The van der Waals surface area contributed by atoms with Crippen LogP contribution in [-0.4, -0.2) is 17.1 Å². The number of oxime groups is 1. The number of anilines is 1. The Morgan fingerprint density at radius 1 is 1.43 bits per heavy atom. The third kappa shape index (κ3) is 3.03. The molecule has 3 N–H and O–H groups in total. The first-order valence-corrected chi connectivity index (χ1v) is 7.94. The third-order valence-electron chi connectivity index (χ3n) is 3.74. The van der Waals surface area contributed by atoms with Crippen molar-refractivity contribution in [2.45, 2.75) is 32.4 Å². The van der Waals surface area contributed by atoms with Crippen molar-refractivity contribution < 1.29 is 5.21 Å². The second-order valence-corrected chi connectivity index (χ2v) is 6.48. The lowest BCUT2D eigenvalue weighted by atomic mass is 10.1. The molecule has 0 atom stereocenters. The van der Waals surface area contributed by atoms with Crippen LogP contribution in [0.4, 0.5) is 5.69 Å². The Hall–Kier alpha value is -2.01. The van der Waals surface area contributed by atoms with Crippen LogP contribution in [0.15, 0.2) is 40.9 Å². The number of nitrogens with two attached hydrogens (primary N) is 1. The van der Waals surface area contributed by atoms with E-state index in [9.17, 15) is 0 Å². The van der Waals surface area contributed by atoms with E-state index in [1.807, 2.05) is 13.0 Å². The first kappa shape index (κ1) is 13.9. The molecule has 1 saturated carbocycles. The molecule has 0 aliphatic heterocycles. The molecule has 0 spiro atoms. The zero-order valence-corrected chi connectivity index (χ0v) is 12.8. The average molecular weight is 301 g/mol. The number of thiophene rings is 1. The van der Waals surface area contributed by atoms with Crippen molar-refractivity contribution in [2.24, 2.45) is 10.9 Å². The Kier molecular flexibility index (Phi) is 3.84. The van der Waals surface area contributed by atoms with E-state index in [0.29, 0.717) is 6.04 Å². The molecule has 1 aromatic carbocycles. The second kappa shape index (κ2) is 5.77. The Morgan fingerprint density at radius 2 is 2.24 bits per heavy atom. The summed E-state index contributed by atoms with van der Waals surface area (Å²) in [6.45, 7) is 2.88. The highest BCUT2D eigenvalue weighted by atomic mass is 32.1. The van der Waals surface area contributed by atoms with Crippen molar-refractivity contribution >= 4 is 22.9 Å². The van der Waals surface area contributed by atoms with E-state index in [4.69, 9.17) is 10.9 Å². The SMILES string of the molecule is Cc1ccc(N(Cc2cccs2)C2CC2)c(/C(N)=N/O)c1. The average Bonchev–Trinajstić information content (AvgIpc) is 3.21. The Bertz CT molecular complexity index is 648. The fourth-order valence-corrected chi connectivity index (χ4v) is 3.23. The maximum absolute atomic E-state index is 9.04. The molecular weight excluding hydrogens is 282 g/mol. The normalized spacial score (nSPS) is 15.2. The Morgan fingerprint density at radius 3 is 2.86 bits per heavy atom. The number of amidine groups is 1. The highest BCUT2D eigenvalue weighted by molar-refractivity contribution is 7.09. The lowest BCUT2D eigenvalue weighted by Crippen LogP contribution is -2.28. The summed E-state index contributed by atoms with van der Waals surface area (Å²) >= 11 is 1.76. The quantitative estimate of drug-likeness (QED) is 0.385. The highest BCUT2D eigenvalue weighted by Gasteiger charge is 2.31. The first-order valence-electron chi connectivity index (χ1n) is 7.06. The molecule has 110 valence electrons. The molecule has 1 heterocycles. The number of aryl methyl sites for hydroxylation is 1. The van der Waals surface area contributed by atoms with Gasteiger partial charge in [-0.25, -0.2) is 0 Å². The van der Waals surface area contributed by atoms with Crippen LogP contribution in [0.3, 0.4) is 0 Å². The van der Waals surface area contributed by atoms with Crippen molar-refractivity contribution in [3.63, 3.8) is 0 Å². The molecule has 0 saturated heterocycles. The van der Waals surface area contributed by atoms with Crippen LogP contribution in [-0.2, 0) is 6.54 Å². The second-order valence-electron chi connectivity index (χ2n) is 5.44. The lowest BCUT2D eigenvalue weighted by Gasteiger charge is -2.26. The van der Waals surface area contributed by atoms with Crippen molar-refractivity contribution in [2.75, 3.05) is 4.90 Å². The van der Waals surface area contributed by atoms with Gasteiger partial charge in [-0.2, -0.15) is 0 Å². The third-order valence-corrected chi connectivity index (χ3v) is 4.60. The van der Waals surface area contributed by atoms with Crippen molar-refractivity contribution in [3.8, 4) is 0 Å². The minimum atomic E-state index is 0.172. The Labute approximate surface area is 128 Å². The van der Waals surface area contributed by atoms with Gasteiger partial charge in [-0.3, -0.25) is 0 Å². The number of nitrogens with zero attached hydrogens (tertiary/aromatic N) is 2. The standard InChI is InChI=1S/C16H19N3OS/c1-11-4-7-15(14(9-11)16(17)18-20)19(12-5-6-12)10-13-3-2-8-21-13/h2-4,7-9,12,20H,5-6,10H2,1H3,(H2,17,18). The van der Waals surface area contributed by atoms with Gasteiger partial charge in [0.2, 0.25) is 0 Å². The minimum Gasteiger partial charge on any atom is -0.409 e.